The summed E-state index contributed by atoms with van der Waals surface area (Å²) in [6, 6.07) is 12.4. The van der Waals surface area contributed by atoms with Crippen LogP contribution in [0.1, 0.15) is 57.1 Å². The van der Waals surface area contributed by atoms with Crippen molar-refractivity contribution in [3.8, 4) is 0 Å². The molecule has 1 aromatic rings. The van der Waals surface area contributed by atoms with Gasteiger partial charge in [-0.25, -0.2) is 0 Å². The second-order valence-electron chi connectivity index (χ2n) is 7.05. The molecule has 0 amide bonds. The van der Waals surface area contributed by atoms with Crippen LogP contribution in [0.4, 0.5) is 0 Å². The maximum Gasteiger partial charge on any atom is 0.0472 e. The summed E-state index contributed by atoms with van der Waals surface area (Å²) in [5.41, 5.74) is 1.48. The Morgan fingerprint density at radius 2 is 1.86 bits per heavy atom. The number of rotatable bonds is 5. The van der Waals surface area contributed by atoms with E-state index in [1.807, 2.05) is 0 Å². The van der Waals surface area contributed by atoms with Crippen LogP contribution in [0.25, 0.3) is 0 Å². The Labute approximate surface area is 129 Å². The van der Waals surface area contributed by atoms with E-state index in [4.69, 9.17) is 0 Å². The van der Waals surface area contributed by atoms with Crippen LogP contribution in [0.15, 0.2) is 30.3 Å². The van der Waals surface area contributed by atoms with E-state index in [0.29, 0.717) is 6.04 Å². The molecule has 2 fully saturated rings. The number of nitrogens with zero attached hydrogens (tertiary/aromatic N) is 1. The van der Waals surface area contributed by atoms with Gasteiger partial charge in [0.1, 0.15) is 0 Å². The molecule has 1 aromatic carbocycles. The van der Waals surface area contributed by atoms with Crippen molar-refractivity contribution >= 4 is 0 Å². The highest BCUT2D eigenvalue weighted by Gasteiger charge is 2.25. The molecule has 21 heavy (non-hydrogen) atoms. The minimum absolute atomic E-state index is 0.561. The van der Waals surface area contributed by atoms with Gasteiger partial charge in [-0.1, -0.05) is 50.1 Å². The van der Waals surface area contributed by atoms with Gasteiger partial charge < -0.3 is 5.32 Å². The van der Waals surface area contributed by atoms with Gasteiger partial charge in [-0.15, -0.1) is 0 Å². The molecule has 1 saturated carbocycles. The lowest BCUT2D eigenvalue weighted by atomic mass is 9.87. The number of hydrogen-bond donors (Lipinski definition) is 1. The second kappa shape index (κ2) is 7.42. The van der Waals surface area contributed by atoms with Crippen molar-refractivity contribution in [2.24, 2.45) is 5.92 Å². The molecule has 0 aromatic heterocycles. The van der Waals surface area contributed by atoms with Crippen LogP contribution in [-0.2, 0) is 0 Å². The van der Waals surface area contributed by atoms with E-state index in [2.05, 4.69) is 47.5 Å². The maximum atomic E-state index is 3.89. The van der Waals surface area contributed by atoms with Crippen LogP contribution in [0.5, 0.6) is 0 Å². The lowest BCUT2D eigenvalue weighted by Gasteiger charge is -2.33. The lowest BCUT2D eigenvalue weighted by Crippen LogP contribution is -2.40. The summed E-state index contributed by atoms with van der Waals surface area (Å²) in [6.07, 6.45) is 8.28. The molecular formula is C19H30N2. The minimum atomic E-state index is 0.561. The van der Waals surface area contributed by atoms with E-state index in [1.165, 1.54) is 57.2 Å². The van der Waals surface area contributed by atoms with Crippen molar-refractivity contribution < 1.29 is 0 Å². The molecule has 1 N–H and O–H groups in total. The first-order chi connectivity index (χ1) is 10.3. The van der Waals surface area contributed by atoms with E-state index in [0.717, 1.165) is 18.5 Å². The number of nitrogens with one attached hydrogen (secondary N) is 1. The molecule has 3 unspecified atom stereocenters. The highest BCUT2D eigenvalue weighted by Crippen LogP contribution is 2.27. The zero-order valence-electron chi connectivity index (χ0n) is 13.4. The molecule has 116 valence electrons. The Morgan fingerprint density at radius 1 is 1.10 bits per heavy atom. The maximum absolute atomic E-state index is 3.89. The van der Waals surface area contributed by atoms with Gasteiger partial charge in [0, 0.05) is 18.6 Å². The van der Waals surface area contributed by atoms with E-state index in [1.54, 1.807) is 0 Å². The summed E-state index contributed by atoms with van der Waals surface area (Å²) in [4.78, 5) is 2.68. The van der Waals surface area contributed by atoms with Gasteiger partial charge in [0.05, 0.1) is 0 Å². The largest absolute Gasteiger partial charge is 0.312 e. The van der Waals surface area contributed by atoms with Crippen LogP contribution in [-0.4, -0.2) is 30.6 Å². The average Bonchev–Trinajstić information content (AvgIpc) is 3.03. The third-order valence-corrected chi connectivity index (χ3v) is 5.30. The molecule has 0 bridgehead atoms. The van der Waals surface area contributed by atoms with Crippen LogP contribution < -0.4 is 5.32 Å². The predicted molar refractivity (Wildman–Crippen MR) is 89.4 cm³/mol. The summed E-state index contributed by atoms with van der Waals surface area (Å²) in [5.74, 6) is 0.901. The predicted octanol–water partition coefficient (Wildman–Crippen LogP) is 3.99. The van der Waals surface area contributed by atoms with Crippen LogP contribution in [0.2, 0.25) is 0 Å². The van der Waals surface area contributed by atoms with Crippen LogP contribution >= 0.6 is 0 Å². The SMILES string of the molecule is CC1CCCC(NCC(c2ccccc2)N2CCCC2)C1. The first-order valence-corrected chi connectivity index (χ1v) is 8.85. The lowest BCUT2D eigenvalue weighted by molar-refractivity contribution is 0.217. The molecule has 1 saturated heterocycles. The highest BCUT2D eigenvalue weighted by molar-refractivity contribution is 5.19. The minimum Gasteiger partial charge on any atom is -0.312 e. The van der Waals surface area contributed by atoms with Crippen molar-refractivity contribution in [1.82, 2.24) is 10.2 Å². The molecule has 2 nitrogen and oxygen atoms in total. The van der Waals surface area contributed by atoms with Gasteiger partial charge in [-0.3, -0.25) is 4.90 Å². The fourth-order valence-electron chi connectivity index (χ4n) is 4.08. The van der Waals surface area contributed by atoms with Gasteiger partial charge in [-0.05, 0) is 50.3 Å². The summed E-state index contributed by atoms with van der Waals surface area (Å²) >= 11 is 0. The van der Waals surface area contributed by atoms with Crippen LogP contribution in [0.3, 0.4) is 0 Å². The van der Waals surface area contributed by atoms with Crippen molar-refractivity contribution in [1.29, 1.82) is 0 Å². The molecule has 0 radical (unpaired) electrons. The third-order valence-electron chi connectivity index (χ3n) is 5.30. The molecule has 1 aliphatic carbocycles. The van der Waals surface area contributed by atoms with Crippen molar-refractivity contribution in [2.75, 3.05) is 19.6 Å². The topological polar surface area (TPSA) is 15.3 Å². The van der Waals surface area contributed by atoms with E-state index >= 15 is 0 Å². The number of benzene rings is 1. The summed E-state index contributed by atoms with van der Waals surface area (Å²) in [7, 11) is 0. The van der Waals surface area contributed by atoms with Gasteiger partial charge >= 0.3 is 0 Å². The van der Waals surface area contributed by atoms with Gasteiger partial charge in [0.15, 0.2) is 0 Å². The Kier molecular flexibility index (Phi) is 5.32. The second-order valence-corrected chi connectivity index (χ2v) is 7.05. The van der Waals surface area contributed by atoms with E-state index in [-0.39, 0.29) is 0 Å². The Hall–Kier alpha value is -0.860. The van der Waals surface area contributed by atoms with E-state index < -0.39 is 0 Å². The van der Waals surface area contributed by atoms with Gasteiger partial charge in [0.2, 0.25) is 0 Å². The van der Waals surface area contributed by atoms with Gasteiger partial charge in [-0.2, -0.15) is 0 Å². The smallest absolute Gasteiger partial charge is 0.0472 e. The fourth-order valence-corrected chi connectivity index (χ4v) is 4.08. The zero-order valence-corrected chi connectivity index (χ0v) is 13.4. The number of hydrogen-bond acceptors (Lipinski definition) is 2. The third kappa shape index (κ3) is 4.08. The van der Waals surface area contributed by atoms with Crippen molar-refractivity contribution in [3.05, 3.63) is 35.9 Å². The molecular weight excluding hydrogens is 256 g/mol. The monoisotopic (exact) mass is 286 g/mol. The number of likely N-dealkylation sites (tertiary alicyclic amines) is 1. The molecule has 1 heterocycles. The zero-order chi connectivity index (χ0) is 14.5. The van der Waals surface area contributed by atoms with Crippen molar-refractivity contribution in [2.45, 2.75) is 57.5 Å². The summed E-state index contributed by atoms with van der Waals surface area (Å²) < 4.78 is 0. The summed E-state index contributed by atoms with van der Waals surface area (Å²) in [5, 5.41) is 3.89. The molecule has 2 heteroatoms. The standard InChI is InChI=1S/C19H30N2/c1-16-8-7-11-18(14-16)20-15-19(21-12-5-6-13-21)17-9-3-2-4-10-17/h2-4,9-10,16,18-20H,5-8,11-15H2,1H3. The first kappa shape index (κ1) is 15.1. The van der Waals surface area contributed by atoms with Crippen molar-refractivity contribution in [3.63, 3.8) is 0 Å². The molecule has 1 aliphatic heterocycles. The van der Waals surface area contributed by atoms with Crippen LogP contribution in [0, 0.1) is 5.92 Å². The molecule has 0 spiro atoms. The van der Waals surface area contributed by atoms with Gasteiger partial charge in [0.25, 0.3) is 0 Å². The highest BCUT2D eigenvalue weighted by atomic mass is 15.2. The Balaban J connectivity index is 1.62. The molecule has 2 aliphatic rings. The Morgan fingerprint density at radius 3 is 2.57 bits per heavy atom. The Bertz CT molecular complexity index is 411. The normalized spacial score (nSPS) is 28.6. The average molecular weight is 286 g/mol. The fraction of sp³-hybridized carbons (Fsp3) is 0.684. The molecule has 3 atom stereocenters. The molecule has 3 rings (SSSR count). The quantitative estimate of drug-likeness (QED) is 0.880. The summed E-state index contributed by atoms with van der Waals surface area (Å²) in [6.45, 7) is 6.05. The first-order valence-electron chi connectivity index (χ1n) is 8.85. The van der Waals surface area contributed by atoms with E-state index in [9.17, 15) is 0 Å².